The third-order valence-electron chi connectivity index (χ3n) is 3.73. The summed E-state index contributed by atoms with van der Waals surface area (Å²) < 4.78 is 0. The molecule has 1 unspecified atom stereocenters. The third kappa shape index (κ3) is 2.96. The maximum atomic E-state index is 4.47. The number of nitrogens with one attached hydrogen (secondary N) is 1. The zero-order valence-corrected chi connectivity index (χ0v) is 12.3. The van der Waals surface area contributed by atoms with Gasteiger partial charge in [-0.1, -0.05) is 55.5 Å². The van der Waals surface area contributed by atoms with Gasteiger partial charge in [0.05, 0.1) is 11.6 Å². The summed E-state index contributed by atoms with van der Waals surface area (Å²) in [5.41, 5.74) is 3.64. The molecule has 3 rings (SSSR count). The fourth-order valence-electron chi connectivity index (χ4n) is 2.71. The smallest absolute Gasteiger partial charge is 0.0705 e. The summed E-state index contributed by atoms with van der Waals surface area (Å²) >= 11 is 0. The van der Waals surface area contributed by atoms with Crippen LogP contribution in [0.5, 0.6) is 0 Å². The number of hydrogen-bond donors (Lipinski definition) is 1. The Morgan fingerprint density at radius 2 is 1.71 bits per heavy atom. The van der Waals surface area contributed by atoms with Gasteiger partial charge in [0.15, 0.2) is 0 Å². The summed E-state index contributed by atoms with van der Waals surface area (Å²) in [5, 5.41) is 4.89. The third-order valence-corrected chi connectivity index (χ3v) is 3.73. The average Bonchev–Trinajstić information content (AvgIpc) is 2.56. The molecule has 0 aliphatic carbocycles. The highest BCUT2D eigenvalue weighted by molar-refractivity contribution is 5.82. The number of rotatable bonds is 5. The molecule has 1 N–H and O–H groups in total. The first-order valence-electron chi connectivity index (χ1n) is 7.52. The molecule has 0 amide bonds. The Hall–Kier alpha value is -2.19. The molecule has 2 aromatic carbocycles. The lowest BCUT2D eigenvalue weighted by atomic mass is 9.95. The van der Waals surface area contributed by atoms with Crippen molar-refractivity contribution in [3.63, 3.8) is 0 Å². The lowest BCUT2D eigenvalue weighted by molar-refractivity contribution is 0.601. The molecule has 3 aromatic rings. The largest absolute Gasteiger partial charge is 0.306 e. The van der Waals surface area contributed by atoms with Crippen LogP contribution in [0, 0.1) is 0 Å². The van der Waals surface area contributed by atoms with E-state index < -0.39 is 0 Å². The molecule has 0 bridgehead atoms. The van der Waals surface area contributed by atoms with Crippen LogP contribution in [0.15, 0.2) is 66.9 Å². The maximum absolute atomic E-state index is 4.47. The van der Waals surface area contributed by atoms with E-state index in [0.717, 1.165) is 18.5 Å². The summed E-state index contributed by atoms with van der Waals surface area (Å²) in [7, 11) is 0. The fraction of sp³-hybridized carbons (Fsp3) is 0.211. The quantitative estimate of drug-likeness (QED) is 0.750. The van der Waals surface area contributed by atoms with Gasteiger partial charge in [0.1, 0.15) is 0 Å². The molecule has 0 radical (unpaired) electrons. The second-order valence-corrected chi connectivity index (χ2v) is 5.22. The van der Waals surface area contributed by atoms with Gasteiger partial charge in [-0.05, 0) is 36.2 Å². The molecule has 21 heavy (non-hydrogen) atoms. The van der Waals surface area contributed by atoms with Crippen molar-refractivity contribution in [2.75, 3.05) is 6.54 Å². The molecule has 0 spiro atoms. The van der Waals surface area contributed by atoms with E-state index in [1.807, 2.05) is 12.3 Å². The molecule has 0 aliphatic heterocycles. The first-order valence-corrected chi connectivity index (χ1v) is 7.52. The molecular formula is C19H20N2. The fourth-order valence-corrected chi connectivity index (χ4v) is 2.71. The molecule has 0 saturated heterocycles. The highest BCUT2D eigenvalue weighted by atomic mass is 14.9. The number of para-hydroxylation sites is 1. The molecule has 1 atom stereocenters. The molecule has 0 saturated carbocycles. The van der Waals surface area contributed by atoms with Crippen molar-refractivity contribution in [3.8, 4) is 0 Å². The van der Waals surface area contributed by atoms with Crippen LogP contribution >= 0.6 is 0 Å². The van der Waals surface area contributed by atoms with Crippen molar-refractivity contribution in [3.05, 3.63) is 78.0 Å². The van der Waals surface area contributed by atoms with Crippen LogP contribution in [0.4, 0.5) is 0 Å². The molecule has 0 aliphatic rings. The van der Waals surface area contributed by atoms with Crippen molar-refractivity contribution in [2.45, 2.75) is 19.4 Å². The highest BCUT2D eigenvalue weighted by Gasteiger charge is 2.15. The SMILES string of the molecule is CCCNC(c1ccccc1)c1ccnc2ccccc12. The summed E-state index contributed by atoms with van der Waals surface area (Å²) in [4.78, 5) is 4.47. The Kier molecular flexibility index (Phi) is 4.27. The van der Waals surface area contributed by atoms with E-state index in [4.69, 9.17) is 0 Å². The number of hydrogen-bond acceptors (Lipinski definition) is 2. The van der Waals surface area contributed by atoms with Crippen molar-refractivity contribution in [1.82, 2.24) is 10.3 Å². The van der Waals surface area contributed by atoms with E-state index in [2.05, 4.69) is 71.8 Å². The predicted octanol–water partition coefficient (Wildman–Crippen LogP) is 4.32. The van der Waals surface area contributed by atoms with Crippen molar-refractivity contribution in [2.24, 2.45) is 0 Å². The Morgan fingerprint density at radius 1 is 0.952 bits per heavy atom. The van der Waals surface area contributed by atoms with Crippen LogP contribution in [0.2, 0.25) is 0 Å². The Labute approximate surface area is 125 Å². The topological polar surface area (TPSA) is 24.9 Å². The highest BCUT2D eigenvalue weighted by Crippen LogP contribution is 2.27. The van der Waals surface area contributed by atoms with E-state index in [9.17, 15) is 0 Å². The van der Waals surface area contributed by atoms with Gasteiger partial charge in [0, 0.05) is 11.6 Å². The minimum Gasteiger partial charge on any atom is -0.306 e. The van der Waals surface area contributed by atoms with Gasteiger partial charge in [0.2, 0.25) is 0 Å². The number of fused-ring (bicyclic) bond motifs is 1. The molecule has 0 fully saturated rings. The maximum Gasteiger partial charge on any atom is 0.0705 e. The number of aromatic nitrogens is 1. The van der Waals surface area contributed by atoms with Gasteiger partial charge in [-0.15, -0.1) is 0 Å². The van der Waals surface area contributed by atoms with Crippen molar-refractivity contribution < 1.29 is 0 Å². The van der Waals surface area contributed by atoms with E-state index in [-0.39, 0.29) is 6.04 Å². The van der Waals surface area contributed by atoms with Gasteiger partial charge in [0.25, 0.3) is 0 Å². The number of benzene rings is 2. The standard InChI is InChI=1S/C19H20N2/c1-2-13-21-19(15-8-4-3-5-9-15)17-12-14-20-18-11-7-6-10-16(17)18/h3-12,14,19,21H,2,13H2,1H3. The zero-order chi connectivity index (χ0) is 14.5. The van der Waals surface area contributed by atoms with Gasteiger partial charge >= 0.3 is 0 Å². The second-order valence-electron chi connectivity index (χ2n) is 5.22. The Balaban J connectivity index is 2.10. The Morgan fingerprint density at radius 3 is 2.52 bits per heavy atom. The van der Waals surface area contributed by atoms with E-state index in [1.165, 1.54) is 16.5 Å². The van der Waals surface area contributed by atoms with Crippen LogP contribution in [0.25, 0.3) is 10.9 Å². The first-order chi connectivity index (χ1) is 10.4. The molecule has 1 aromatic heterocycles. The van der Waals surface area contributed by atoms with Gasteiger partial charge < -0.3 is 5.32 Å². The van der Waals surface area contributed by atoms with Crippen LogP contribution in [-0.4, -0.2) is 11.5 Å². The summed E-state index contributed by atoms with van der Waals surface area (Å²) in [6, 6.07) is 21.3. The Bertz CT molecular complexity index is 702. The van der Waals surface area contributed by atoms with Gasteiger partial charge in [-0.25, -0.2) is 0 Å². The molecule has 2 nitrogen and oxygen atoms in total. The average molecular weight is 276 g/mol. The minimum absolute atomic E-state index is 0.207. The molecular weight excluding hydrogens is 256 g/mol. The lowest BCUT2D eigenvalue weighted by Crippen LogP contribution is -2.23. The second kappa shape index (κ2) is 6.51. The summed E-state index contributed by atoms with van der Waals surface area (Å²) in [6.07, 6.45) is 3.02. The van der Waals surface area contributed by atoms with E-state index in [0.29, 0.717) is 0 Å². The lowest BCUT2D eigenvalue weighted by Gasteiger charge is -2.21. The number of pyridine rings is 1. The van der Waals surface area contributed by atoms with Crippen LogP contribution in [0.3, 0.4) is 0 Å². The first kappa shape index (κ1) is 13.8. The molecule has 106 valence electrons. The van der Waals surface area contributed by atoms with Crippen molar-refractivity contribution >= 4 is 10.9 Å². The normalized spacial score (nSPS) is 12.4. The van der Waals surface area contributed by atoms with Crippen LogP contribution in [-0.2, 0) is 0 Å². The zero-order valence-electron chi connectivity index (χ0n) is 12.3. The van der Waals surface area contributed by atoms with Crippen LogP contribution < -0.4 is 5.32 Å². The van der Waals surface area contributed by atoms with Crippen molar-refractivity contribution in [1.29, 1.82) is 0 Å². The monoisotopic (exact) mass is 276 g/mol. The van der Waals surface area contributed by atoms with Gasteiger partial charge in [-0.3, -0.25) is 4.98 Å². The summed E-state index contributed by atoms with van der Waals surface area (Å²) in [5.74, 6) is 0. The molecule has 2 heteroatoms. The van der Waals surface area contributed by atoms with E-state index in [1.54, 1.807) is 0 Å². The molecule has 1 heterocycles. The predicted molar refractivity (Wildman–Crippen MR) is 88.3 cm³/mol. The van der Waals surface area contributed by atoms with Crippen LogP contribution in [0.1, 0.15) is 30.5 Å². The van der Waals surface area contributed by atoms with E-state index >= 15 is 0 Å². The summed E-state index contributed by atoms with van der Waals surface area (Å²) in [6.45, 7) is 3.19. The van der Waals surface area contributed by atoms with Gasteiger partial charge in [-0.2, -0.15) is 0 Å². The number of nitrogens with zero attached hydrogens (tertiary/aromatic N) is 1. The minimum atomic E-state index is 0.207.